The molecule has 2 atom stereocenters. The molecule has 6 heteroatoms. The zero-order chi connectivity index (χ0) is 15.7. The van der Waals surface area contributed by atoms with E-state index in [1.165, 1.54) is 0 Å². The summed E-state index contributed by atoms with van der Waals surface area (Å²) in [5, 5.41) is 2.96. The van der Waals surface area contributed by atoms with Crippen LogP contribution in [0.25, 0.3) is 0 Å². The highest BCUT2D eigenvalue weighted by molar-refractivity contribution is 5.88. The van der Waals surface area contributed by atoms with Gasteiger partial charge in [0.25, 0.3) is 0 Å². The molecule has 1 saturated carbocycles. The number of primary amides is 1. The molecular weight excluding hydrogens is 281 g/mol. The van der Waals surface area contributed by atoms with Crippen LogP contribution >= 0.6 is 0 Å². The van der Waals surface area contributed by atoms with Gasteiger partial charge in [-0.2, -0.15) is 13.2 Å². The van der Waals surface area contributed by atoms with E-state index in [2.05, 4.69) is 5.32 Å². The number of anilines is 1. The zero-order valence-corrected chi connectivity index (χ0v) is 11.8. The molecule has 1 aliphatic carbocycles. The highest BCUT2D eigenvalue weighted by Gasteiger charge is 2.50. The lowest BCUT2D eigenvalue weighted by atomic mass is 9.74. The molecule has 3 nitrogen and oxygen atoms in total. The van der Waals surface area contributed by atoms with Gasteiger partial charge in [-0.05, 0) is 50.3 Å². The van der Waals surface area contributed by atoms with E-state index in [-0.39, 0.29) is 12.8 Å². The van der Waals surface area contributed by atoms with Crippen LogP contribution in [-0.2, 0) is 4.79 Å². The van der Waals surface area contributed by atoms with Crippen molar-refractivity contribution in [3.05, 3.63) is 29.8 Å². The van der Waals surface area contributed by atoms with Gasteiger partial charge in [-0.25, -0.2) is 0 Å². The maximum Gasteiger partial charge on any atom is 0.391 e. The summed E-state index contributed by atoms with van der Waals surface area (Å²) in [6.07, 6.45) is -3.90. The summed E-state index contributed by atoms with van der Waals surface area (Å²) in [6.45, 7) is 1.88. The second kappa shape index (κ2) is 5.58. The number of amides is 1. The van der Waals surface area contributed by atoms with Crippen molar-refractivity contribution in [2.24, 2.45) is 11.7 Å². The number of carbonyl (C=O) groups is 1. The van der Waals surface area contributed by atoms with Gasteiger partial charge < -0.3 is 11.1 Å². The lowest BCUT2D eigenvalue weighted by molar-refractivity contribution is -0.186. The van der Waals surface area contributed by atoms with Crippen molar-refractivity contribution in [3.63, 3.8) is 0 Å². The summed E-state index contributed by atoms with van der Waals surface area (Å²) in [6, 6.07) is 7.19. The summed E-state index contributed by atoms with van der Waals surface area (Å²) in [5.41, 5.74) is 5.68. The number of alkyl halides is 3. The Bertz CT molecular complexity index is 530. The second-order valence-corrected chi connectivity index (χ2v) is 5.78. The summed E-state index contributed by atoms with van der Waals surface area (Å²) in [5.74, 6) is -2.21. The molecule has 0 radical (unpaired) electrons. The first-order valence-corrected chi connectivity index (χ1v) is 6.94. The van der Waals surface area contributed by atoms with Gasteiger partial charge in [0.2, 0.25) is 5.91 Å². The SMILES string of the molecule is Cc1cccc(NC2(C(N)=O)CCCC(C(F)(F)F)C2)c1. The largest absolute Gasteiger partial charge is 0.391 e. The Morgan fingerprint density at radius 2 is 2.14 bits per heavy atom. The van der Waals surface area contributed by atoms with E-state index in [1.54, 1.807) is 18.2 Å². The van der Waals surface area contributed by atoms with Crippen LogP contribution < -0.4 is 11.1 Å². The summed E-state index contributed by atoms with van der Waals surface area (Å²) in [4.78, 5) is 11.8. The van der Waals surface area contributed by atoms with E-state index in [9.17, 15) is 18.0 Å². The monoisotopic (exact) mass is 300 g/mol. The molecule has 1 amide bonds. The van der Waals surface area contributed by atoms with Crippen molar-refractivity contribution in [3.8, 4) is 0 Å². The molecule has 1 aromatic rings. The molecule has 116 valence electrons. The van der Waals surface area contributed by atoms with Crippen LogP contribution in [0.3, 0.4) is 0 Å². The number of halogens is 3. The zero-order valence-electron chi connectivity index (χ0n) is 11.8. The van der Waals surface area contributed by atoms with Crippen molar-refractivity contribution in [2.75, 3.05) is 5.32 Å². The second-order valence-electron chi connectivity index (χ2n) is 5.78. The molecule has 0 spiro atoms. The van der Waals surface area contributed by atoms with E-state index >= 15 is 0 Å². The third kappa shape index (κ3) is 3.49. The number of nitrogens with one attached hydrogen (secondary N) is 1. The fourth-order valence-electron chi connectivity index (χ4n) is 2.95. The third-order valence-corrected chi connectivity index (χ3v) is 4.09. The van der Waals surface area contributed by atoms with Crippen molar-refractivity contribution in [1.29, 1.82) is 0 Å². The Morgan fingerprint density at radius 3 is 2.71 bits per heavy atom. The van der Waals surface area contributed by atoms with E-state index in [1.807, 2.05) is 13.0 Å². The van der Waals surface area contributed by atoms with Crippen molar-refractivity contribution in [1.82, 2.24) is 0 Å². The van der Waals surface area contributed by atoms with Gasteiger partial charge in [-0.15, -0.1) is 0 Å². The number of nitrogens with two attached hydrogens (primary N) is 1. The minimum absolute atomic E-state index is 0.0496. The summed E-state index contributed by atoms with van der Waals surface area (Å²) in [7, 11) is 0. The average Bonchev–Trinajstić information content (AvgIpc) is 2.37. The normalized spacial score (nSPS) is 26.4. The fourth-order valence-corrected chi connectivity index (χ4v) is 2.95. The molecule has 0 aliphatic heterocycles. The van der Waals surface area contributed by atoms with Crippen LogP contribution in [-0.4, -0.2) is 17.6 Å². The summed E-state index contributed by atoms with van der Waals surface area (Å²) >= 11 is 0. The van der Waals surface area contributed by atoms with Crippen LogP contribution in [0.2, 0.25) is 0 Å². The number of benzene rings is 1. The first kappa shape index (κ1) is 15.7. The smallest absolute Gasteiger partial charge is 0.371 e. The van der Waals surface area contributed by atoms with E-state index in [0.29, 0.717) is 18.5 Å². The quantitative estimate of drug-likeness (QED) is 0.899. The van der Waals surface area contributed by atoms with Crippen molar-refractivity contribution >= 4 is 11.6 Å². The molecule has 0 heterocycles. The molecule has 1 aliphatic rings. The van der Waals surface area contributed by atoms with Gasteiger partial charge in [0.1, 0.15) is 5.54 Å². The molecule has 21 heavy (non-hydrogen) atoms. The average molecular weight is 300 g/mol. The first-order valence-electron chi connectivity index (χ1n) is 6.94. The van der Waals surface area contributed by atoms with Gasteiger partial charge in [0.15, 0.2) is 0 Å². The third-order valence-electron chi connectivity index (χ3n) is 4.09. The number of rotatable bonds is 3. The minimum Gasteiger partial charge on any atom is -0.371 e. The Hall–Kier alpha value is -1.72. The first-order chi connectivity index (χ1) is 9.73. The highest BCUT2D eigenvalue weighted by Crippen LogP contribution is 2.43. The number of aryl methyl sites for hydroxylation is 1. The minimum atomic E-state index is -4.30. The molecule has 1 fully saturated rings. The molecule has 2 unspecified atom stereocenters. The molecule has 0 aromatic heterocycles. The highest BCUT2D eigenvalue weighted by atomic mass is 19.4. The van der Waals surface area contributed by atoms with E-state index in [4.69, 9.17) is 5.73 Å². The van der Waals surface area contributed by atoms with E-state index in [0.717, 1.165) is 5.56 Å². The van der Waals surface area contributed by atoms with Gasteiger partial charge in [0, 0.05) is 5.69 Å². The fraction of sp³-hybridized carbons (Fsp3) is 0.533. The molecule has 3 N–H and O–H groups in total. The Balaban J connectivity index is 2.26. The Morgan fingerprint density at radius 1 is 1.43 bits per heavy atom. The lowest BCUT2D eigenvalue weighted by Gasteiger charge is -2.40. The predicted octanol–water partition coefficient (Wildman–Crippen LogP) is 3.38. The molecule has 2 rings (SSSR count). The van der Waals surface area contributed by atoms with Crippen LogP contribution in [0.1, 0.15) is 31.2 Å². The van der Waals surface area contributed by atoms with Gasteiger partial charge in [-0.1, -0.05) is 12.1 Å². The number of carbonyl (C=O) groups excluding carboxylic acids is 1. The standard InChI is InChI=1S/C15H19F3N2O/c1-10-4-2-6-12(8-10)20-14(13(19)21)7-3-5-11(9-14)15(16,17)18/h2,4,6,8,11,20H,3,5,7,9H2,1H3,(H2,19,21). The summed E-state index contributed by atoms with van der Waals surface area (Å²) < 4.78 is 38.9. The van der Waals surface area contributed by atoms with Crippen LogP contribution in [0.5, 0.6) is 0 Å². The van der Waals surface area contributed by atoms with Gasteiger partial charge in [0.05, 0.1) is 5.92 Å². The van der Waals surface area contributed by atoms with Gasteiger partial charge >= 0.3 is 6.18 Å². The van der Waals surface area contributed by atoms with Crippen LogP contribution in [0.15, 0.2) is 24.3 Å². The van der Waals surface area contributed by atoms with Crippen LogP contribution in [0.4, 0.5) is 18.9 Å². The lowest BCUT2D eigenvalue weighted by Crippen LogP contribution is -2.55. The maximum absolute atomic E-state index is 13.0. The Labute approximate surface area is 121 Å². The molecule has 0 bridgehead atoms. The topological polar surface area (TPSA) is 55.1 Å². The molecule has 1 aromatic carbocycles. The molecular formula is C15H19F3N2O. The van der Waals surface area contributed by atoms with Gasteiger partial charge in [-0.3, -0.25) is 4.79 Å². The van der Waals surface area contributed by atoms with Crippen molar-refractivity contribution < 1.29 is 18.0 Å². The maximum atomic E-state index is 13.0. The number of hydrogen-bond donors (Lipinski definition) is 2. The predicted molar refractivity (Wildman–Crippen MR) is 74.7 cm³/mol. The van der Waals surface area contributed by atoms with Crippen molar-refractivity contribution in [2.45, 2.75) is 44.3 Å². The molecule has 0 saturated heterocycles. The van der Waals surface area contributed by atoms with E-state index < -0.39 is 23.5 Å². The number of hydrogen-bond acceptors (Lipinski definition) is 2. The van der Waals surface area contributed by atoms with Crippen LogP contribution in [0, 0.1) is 12.8 Å². The Kier molecular flexibility index (Phi) is 4.16.